The van der Waals surface area contributed by atoms with Crippen molar-refractivity contribution in [3.63, 3.8) is 0 Å². The predicted octanol–water partition coefficient (Wildman–Crippen LogP) is 6.23. The molecule has 12 heteroatoms. The topological polar surface area (TPSA) is 85.3 Å². The largest absolute Gasteiger partial charge is 0.471 e. The molecule has 2 aliphatic carbocycles. The third-order valence-corrected chi connectivity index (χ3v) is 9.58. The molecular weight excluding hydrogens is 586 g/mol. The number of fused-ring (bicyclic) bond motifs is 3. The molecular formula is C29H30Cl2F3NO6. The highest BCUT2D eigenvalue weighted by Gasteiger charge is 2.61. The maximum Gasteiger partial charge on any atom is 0.471 e. The van der Waals surface area contributed by atoms with Gasteiger partial charge in [-0.1, -0.05) is 36.2 Å². The fourth-order valence-electron chi connectivity index (χ4n) is 7.01. The number of anilines is 1. The molecule has 0 radical (unpaired) electrons. The second-order valence-corrected chi connectivity index (χ2v) is 12.0. The molecule has 1 amide bonds. The molecule has 1 saturated carbocycles. The van der Waals surface area contributed by atoms with Crippen molar-refractivity contribution in [3.8, 4) is 11.5 Å². The van der Waals surface area contributed by atoms with Crippen LogP contribution in [-0.4, -0.2) is 49.2 Å². The molecule has 5 rings (SSSR count). The second-order valence-electron chi connectivity index (χ2n) is 11.2. The van der Waals surface area contributed by atoms with Gasteiger partial charge in [0.15, 0.2) is 11.5 Å². The number of benzene rings is 2. The number of methoxy groups -OCH3 is 1. The van der Waals surface area contributed by atoms with Crippen LogP contribution in [0.4, 0.5) is 18.9 Å². The minimum Gasteiger partial charge on any atom is -0.467 e. The van der Waals surface area contributed by atoms with Gasteiger partial charge in [0, 0.05) is 17.3 Å². The first-order valence-corrected chi connectivity index (χ1v) is 14.1. The Hall–Kier alpha value is -2.69. The Morgan fingerprint density at radius 1 is 1.17 bits per heavy atom. The third-order valence-electron chi connectivity index (χ3n) is 8.95. The minimum absolute atomic E-state index is 0.0233. The summed E-state index contributed by atoms with van der Waals surface area (Å²) in [4.78, 5) is 27.0. The Labute approximate surface area is 245 Å². The standard InChI is InChI=1S/C29H30Cl2F3NO6/c1-16(14-36)10-17-11-20-21(13-22-24(23(20)31)41-15-40-22)27(17)6-8-28(9-7-27,26(38)39-2)35(25(37)29(32,33)34)19-5-3-4-18(30)12-19/h3-5,12-13,16-17,36H,6-11,14-15H2,1-2H3/t16-,17+,27?,28?/m1/s1. The molecule has 2 aromatic rings. The van der Waals surface area contributed by atoms with E-state index in [4.69, 9.17) is 37.4 Å². The number of hydrogen-bond acceptors (Lipinski definition) is 6. The van der Waals surface area contributed by atoms with Gasteiger partial charge >= 0.3 is 18.1 Å². The number of carbonyl (C=O) groups excluding carboxylic acids is 2. The molecule has 7 nitrogen and oxygen atoms in total. The molecule has 0 saturated heterocycles. The van der Waals surface area contributed by atoms with E-state index in [-0.39, 0.29) is 61.6 Å². The smallest absolute Gasteiger partial charge is 0.467 e. The van der Waals surface area contributed by atoms with Gasteiger partial charge in [-0.3, -0.25) is 9.69 Å². The number of esters is 1. The van der Waals surface area contributed by atoms with Crippen molar-refractivity contribution in [2.45, 2.75) is 62.6 Å². The Kier molecular flexibility index (Phi) is 7.89. The summed E-state index contributed by atoms with van der Waals surface area (Å²) in [7, 11) is 1.10. The van der Waals surface area contributed by atoms with E-state index in [0.29, 0.717) is 34.3 Å². The molecule has 1 fully saturated rings. The first-order chi connectivity index (χ1) is 19.4. The van der Waals surface area contributed by atoms with Crippen LogP contribution in [0.2, 0.25) is 10.0 Å². The van der Waals surface area contributed by atoms with Crippen LogP contribution in [0.25, 0.3) is 0 Å². The van der Waals surface area contributed by atoms with Gasteiger partial charge in [-0.05, 0) is 91.2 Å². The van der Waals surface area contributed by atoms with Crippen LogP contribution >= 0.6 is 23.2 Å². The summed E-state index contributed by atoms with van der Waals surface area (Å²) in [5, 5.41) is 10.4. The molecule has 0 unspecified atom stereocenters. The summed E-state index contributed by atoms with van der Waals surface area (Å²) in [6.45, 7) is 1.92. The molecule has 222 valence electrons. The summed E-state index contributed by atoms with van der Waals surface area (Å²) in [6.07, 6.45) is -3.76. The molecule has 0 aromatic heterocycles. The fourth-order valence-corrected chi connectivity index (χ4v) is 7.52. The van der Waals surface area contributed by atoms with E-state index in [9.17, 15) is 27.9 Å². The molecule has 1 N–H and O–H groups in total. The van der Waals surface area contributed by atoms with E-state index in [1.165, 1.54) is 24.3 Å². The number of aliphatic hydroxyl groups excluding tert-OH is 1. The first-order valence-electron chi connectivity index (χ1n) is 13.4. The number of halogens is 5. The number of nitrogens with zero attached hydrogens (tertiary/aromatic N) is 1. The van der Waals surface area contributed by atoms with Crippen molar-refractivity contribution in [2.24, 2.45) is 11.8 Å². The van der Waals surface area contributed by atoms with Gasteiger partial charge in [0.05, 0.1) is 12.1 Å². The van der Waals surface area contributed by atoms with E-state index in [1.54, 1.807) is 0 Å². The maximum absolute atomic E-state index is 14.0. The average molecular weight is 616 g/mol. The minimum atomic E-state index is -5.26. The first kappa shape index (κ1) is 29.8. The number of aliphatic hydroxyl groups is 1. The van der Waals surface area contributed by atoms with E-state index in [0.717, 1.165) is 18.2 Å². The molecule has 41 heavy (non-hydrogen) atoms. The van der Waals surface area contributed by atoms with E-state index >= 15 is 0 Å². The van der Waals surface area contributed by atoms with Crippen LogP contribution in [0, 0.1) is 11.8 Å². The maximum atomic E-state index is 14.0. The summed E-state index contributed by atoms with van der Waals surface area (Å²) in [6, 6.07) is 7.33. The van der Waals surface area contributed by atoms with Crippen molar-refractivity contribution >= 4 is 40.8 Å². The van der Waals surface area contributed by atoms with Gasteiger partial charge in [-0.25, -0.2) is 4.79 Å². The molecule has 1 heterocycles. The van der Waals surface area contributed by atoms with Crippen molar-refractivity contribution < 1.29 is 42.1 Å². The van der Waals surface area contributed by atoms with Crippen molar-refractivity contribution in [3.05, 3.63) is 51.5 Å². The van der Waals surface area contributed by atoms with E-state index in [2.05, 4.69) is 0 Å². The van der Waals surface area contributed by atoms with Crippen LogP contribution < -0.4 is 14.4 Å². The number of amides is 1. The Bertz CT molecular complexity index is 1360. The lowest BCUT2D eigenvalue weighted by Crippen LogP contribution is -2.63. The number of alkyl halides is 3. The molecule has 2 atom stereocenters. The quantitative estimate of drug-likeness (QED) is 0.388. The van der Waals surface area contributed by atoms with Gasteiger partial charge in [0.25, 0.3) is 0 Å². The average Bonchev–Trinajstić information content (AvgIpc) is 3.53. The van der Waals surface area contributed by atoms with Crippen molar-refractivity contribution in [1.29, 1.82) is 0 Å². The Balaban J connectivity index is 1.62. The number of rotatable bonds is 6. The normalized spacial score (nSPS) is 25.6. The van der Waals surface area contributed by atoms with Crippen molar-refractivity contribution in [1.82, 2.24) is 0 Å². The zero-order valence-corrected chi connectivity index (χ0v) is 24.0. The monoisotopic (exact) mass is 615 g/mol. The third kappa shape index (κ3) is 4.91. The summed E-state index contributed by atoms with van der Waals surface area (Å²) in [5.74, 6) is -2.25. The van der Waals surface area contributed by atoms with Gasteiger partial charge in [0.1, 0.15) is 5.54 Å². The summed E-state index contributed by atoms with van der Waals surface area (Å²) >= 11 is 12.9. The summed E-state index contributed by atoms with van der Waals surface area (Å²) < 4.78 is 58.4. The highest BCUT2D eigenvalue weighted by molar-refractivity contribution is 6.33. The van der Waals surface area contributed by atoms with Crippen LogP contribution in [0.5, 0.6) is 11.5 Å². The van der Waals surface area contributed by atoms with Gasteiger partial charge < -0.3 is 19.3 Å². The number of carbonyl (C=O) groups is 2. The van der Waals surface area contributed by atoms with E-state index in [1.807, 2.05) is 13.0 Å². The lowest BCUT2D eigenvalue weighted by Gasteiger charge is -2.51. The van der Waals surface area contributed by atoms with E-state index < -0.39 is 29.0 Å². The van der Waals surface area contributed by atoms with Crippen LogP contribution in [0.3, 0.4) is 0 Å². The Morgan fingerprint density at radius 3 is 2.49 bits per heavy atom. The lowest BCUT2D eigenvalue weighted by atomic mass is 9.59. The molecule has 0 bridgehead atoms. The zero-order chi connectivity index (χ0) is 29.7. The molecule has 3 aliphatic rings. The number of ether oxygens (including phenoxy) is 3. The van der Waals surface area contributed by atoms with Crippen LogP contribution in [-0.2, 0) is 26.2 Å². The SMILES string of the molecule is COC(=O)C1(N(C(=O)C(F)(F)F)c2cccc(Cl)c2)CCC2(CC1)c1cc3c(c(Cl)c1C[C@@H]2C[C@@H](C)CO)OCO3. The molecule has 1 spiro atoms. The fraction of sp³-hybridized carbons (Fsp3) is 0.517. The van der Waals surface area contributed by atoms with Gasteiger partial charge in [0.2, 0.25) is 6.79 Å². The van der Waals surface area contributed by atoms with Crippen molar-refractivity contribution in [2.75, 3.05) is 25.4 Å². The zero-order valence-electron chi connectivity index (χ0n) is 22.5. The lowest BCUT2D eigenvalue weighted by molar-refractivity contribution is -0.174. The van der Waals surface area contributed by atoms with Crippen LogP contribution in [0.1, 0.15) is 50.2 Å². The second kappa shape index (κ2) is 10.9. The number of hydrogen-bond donors (Lipinski definition) is 1. The predicted molar refractivity (Wildman–Crippen MR) is 146 cm³/mol. The highest BCUT2D eigenvalue weighted by atomic mass is 35.5. The summed E-state index contributed by atoms with van der Waals surface area (Å²) in [5.41, 5.74) is -0.911. The highest BCUT2D eigenvalue weighted by Crippen LogP contribution is 2.60. The molecule has 1 aliphatic heterocycles. The molecule has 2 aromatic carbocycles. The van der Waals surface area contributed by atoms with Gasteiger partial charge in [-0.2, -0.15) is 13.2 Å². The van der Waals surface area contributed by atoms with Crippen LogP contribution in [0.15, 0.2) is 30.3 Å². The Morgan fingerprint density at radius 2 is 1.88 bits per heavy atom. The van der Waals surface area contributed by atoms with Gasteiger partial charge in [-0.15, -0.1) is 0 Å².